The number of nitrogens with zero attached hydrogens (tertiary/aromatic N) is 2. The Morgan fingerprint density at radius 3 is 2.38 bits per heavy atom. The molecule has 114 valence electrons. The Bertz CT molecular complexity index is 1220. The van der Waals surface area contributed by atoms with Crippen LogP contribution in [0, 0.1) is 6.92 Å². The van der Waals surface area contributed by atoms with Gasteiger partial charge < -0.3 is 4.42 Å². The lowest BCUT2D eigenvalue weighted by molar-refractivity contribution is 0.670. The predicted molar refractivity (Wildman–Crippen MR) is 97.0 cm³/mol. The van der Waals surface area contributed by atoms with Crippen LogP contribution in [-0.2, 0) is 0 Å². The van der Waals surface area contributed by atoms with Gasteiger partial charge in [-0.1, -0.05) is 48.5 Å². The molecule has 3 nitrogen and oxygen atoms in total. The molecule has 2 heterocycles. The fourth-order valence-corrected chi connectivity index (χ4v) is 3.33. The Hall–Kier alpha value is -3.20. The Labute approximate surface area is 138 Å². The number of hydrogen-bond donors (Lipinski definition) is 0. The van der Waals surface area contributed by atoms with E-state index >= 15 is 0 Å². The summed E-state index contributed by atoms with van der Waals surface area (Å²) in [5, 5.41) is 3.28. The highest BCUT2D eigenvalue weighted by Gasteiger charge is 2.15. The zero-order valence-corrected chi connectivity index (χ0v) is 13.2. The summed E-state index contributed by atoms with van der Waals surface area (Å²) in [6, 6.07) is 22.5. The van der Waals surface area contributed by atoms with Crippen molar-refractivity contribution in [2.45, 2.75) is 6.92 Å². The van der Waals surface area contributed by atoms with E-state index in [1.165, 1.54) is 0 Å². The number of aryl methyl sites for hydroxylation is 1. The molecule has 0 spiro atoms. The number of furan rings is 1. The molecule has 0 saturated carbocycles. The van der Waals surface area contributed by atoms with E-state index in [2.05, 4.69) is 35.3 Å². The van der Waals surface area contributed by atoms with E-state index in [-0.39, 0.29) is 0 Å². The van der Waals surface area contributed by atoms with Crippen LogP contribution in [0.1, 0.15) is 5.82 Å². The van der Waals surface area contributed by atoms with Crippen LogP contribution in [-0.4, -0.2) is 9.97 Å². The molecule has 3 aromatic carbocycles. The molecule has 5 rings (SSSR count). The molecule has 2 aromatic heterocycles. The second-order valence-electron chi connectivity index (χ2n) is 5.92. The summed E-state index contributed by atoms with van der Waals surface area (Å²) in [6.07, 6.45) is 0. The molecular formula is C21H14N2O. The van der Waals surface area contributed by atoms with Gasteiger partial charge in [-0.05, 0) is 25.1 Å². The molecule has 24 heavy (non-hydrogen) atoms. The number of fused-ring (bicyclic) bond motifs is 4. The first kappa shape index (κ1) is 13.3. The van der Waals surface area contributed by atoms with Gasteiger partial charge in [-0.2, -0.15) is 0 Å². The first-order valence-electron chi connectivity index (χ1n) is 7.95. The molecule has 0 aliphatic rings. The average molecular weight is 310 g/mol. The molecule has 0 N–H and O–H groups in total. The molecule has 0 fully saturated rings. The summed E-state index contributed by atoms with van der Waals surface area (Å²) in [4.78, 5) is 9.26. The highest BCUT2D eigenvalue weighted by atomic mass is 16.3. The molecule has 0 aliphatic heterocycles. The molecule has 0 amide bonds. The third-order valence-electron chi connectivity index (χ3n) is 4.37. The third-order valence-corrected chi connectivity index (χ3v) is 4.37. The summed E-state index contributed by atoms with van der Waals surface area (Å²) in [5.41, 5.74) is 4.65. The van der Waals surface area contributed by atoms with Crippen LogP contribution in [0.5, 0.6) is 0 Å². The van der Waals surface area contributed by atoms with Crippen molar-refractivity contribution in [3.8, 4) is 11.3 Å². The van der Waals surface area contributed by atoms with Crippen LogP contribution in [0.4, 0.5) is 0 Å². The summed E-state index contributed by atoms with van der Waals surface area (Å²) in [7, 11) is 0. The van der Waals surface area contributed by atoms with Gasteiger partial charge in [-0.15, -0.1) is 0 Å². The second-order valence-corrected chi connectivity index (χ2v) is 5.92. The Balaban J connectivity index is 1.94. The minimum Gasteiger partial charge on any atom is -0.455 e. The summed E-state index contributed by atoms with van der Waals surface area (Å²) in [5.74, 6) is 0.761. The van der Waals surface area contributed by atoms with Crippen LogP contribution in [0.3, 0.4) is 0 Å². The van der Waals surface area contributed by atoms with Crippen LogP contribution in [0.25, 0.3) is 44.1 Å². The second kappa shape index (κ2) is 4.90. The zero-order chi connectivity index (χ0) is 16.1. The van der Waals surface area contributed by atoms with E-state index in [1.807, 2.05) is 43.3 Å². The standard InChI is InChI=1S/C21H14N2O/c1-13-22-18-11-4-2-8-16(18)20(23-13)17-10-6-9-15-14-7-3-5-12-19(14)24-21(15)17/h2-12H,1H3. The Kier molecular flexibility index (Phi) is 2.71. The maximum atomic E-state index is 6.17. The number of aromatic nitrogens is 2. The van der Waals surface area contributed by atoms with Gasteiger partial charge in [0.2, 0.25) is 0 Å². The fourth-order valence-electron chi connectivity index (χ4n) is 3.33. The lowest BCUT2D eigenvalue weighted by atomic mass is 10.0. The topological polar surface area (TPSA) is 38.9 Å². The minimum absolute atomic E-state index is 0.761. The van der Waals surface area contributed by atoms with Crippen LogP contribution >= 0.6 is 0 Å². The number of hydrogen-bond acceptors (Lipinski definition) is 3. The van der Waals surface area contributed by atoms with Crippen molar-refractivity contribution in [1.29, 1.82) is 0 Å². The molecule has 0 radical (unpaired) electrons. The van der Waals surface area contributed by atoms with Gasteiger partial charge >= 0.3 is 0 Å². The van der Waals surface area contributed by atoms with Crippen molar-refractivity contribution in [2.24, 2.45) is 0 Å². The quantitative estimate of drug-likeness (QED) is 0.410. The zero-order valence-electron chi connectivity index (χ0n) is 13.2. The van der Waals surface area contributed by atoms with Crippen LogP contribution < -0.4 is 0 Å². The van der Waals surface area contributed by atoms with Crippen molar-refractivity contribution in [3.63, 3.8) is 0 Å². The van der Waals surface area contributed by atoms with Gasteiger partial charge in [-0.25, -0.2) is 9.97 Å². The summed E-state index contributed by atoms with van der Waals surface area (Å²) < 4.78 is 6.17. The predicted octanol–water partition coefficient (Wildman–Crippen LogP) is 5.50. The van der Waals surface area contributed by atoms with E-state index in [0.29, 0.717) is 0 Å². The molecule has 0 atom stereocenters. The molecule has 3 heteroatoms. The normalized spacial score (nSPS) is 11.5. The molecule has 0 unspecified atom stereocenters. The lowest BCUT2D eigenvalue weighted by Gasteiger charge is -2.07. The maximum Gasteiger partial charge on any atom is 0.144 e. The Morgan fingerprint density at radius 1 is 0.708 bits per heavy atom. The van der Waals surface area contributed by atoms with Gasteiger partial charge in [-0.3, -0.25) is 0 Å². The maximum absolute atomic E-state index is 6.17. The molecule has 0 aliphatic carbocycles. The van der Waals surface area contributed by atoms with Gasteiger partial charge in [0.15, 0.2) is 0 Å². The molecule has 0 saturated heterocycles. The Morgan fingerprint density at radius 2 is 1.46 bits per heavy atom. The minimum atomic E-state index is 0.761. The van der Waals surface area contributed by atoms with E-state index < -0.39 is 0 Å². The van der Waals surface area contributed by atoms with Crippen molar-refractivity contribution >= 4 is 32.8 Å². The molecule has 5 aromatic rings. The SMILES string of the molecule is Cc1nc(-c2cccc3c2oc2ccccc23)c2ccccc2n1. The van der Waals surface area contributed by atoms with E-state index in [1.54, 1.807) is 0 Å². The highest BCUT2D eigenvalue weighted by Crippen LogP contribution is 2.37. The van der Waals surface area contributed by atoms with Crippen molar-refractivity contribution < 1.29 is 4.42 Å². The van der Waals surface area contributed by atoms with Crippen molar-refractivity contribution in [3.05, 3.63) is 72.6 Å². The van der Waals surface area contributed by atoms with E-state index in [4.69, 9.17) is 9.40 Å². The fraction of sp³-hybridized carbons (Fsp3) is 0.0476. The number of rotatable bonds is 1. The van der Waals surface area contributed by atoms with Gasteiger partial charge in [0, 0.05) is 21.7 Å². The van der Waals surface area contributed by atoms with Gasteiger partial charge in [0.25, 0.3) is 0 Å². The summed E-state index contributed by atoms with van der Waals surface area (Å²) in [6.45, 7) is 1.93. The van der Waals surface area contributed by atoms with Gasteiger partial charge in [0.1, 0.15) is 17.0 Å². The smallest absolute Gasteiger partial charge is 0.144 e. The largest absolute Gasteiger partial charge is 0.455 e. The monoisotopic (exact) mass is 310 g/mol. The number of para-hydroxylation sites is 3. The van der Waals surface area contributed by atoms with Gasteiger partial charge in [0.05, 0.1) is 11.2 Å². The summed E-state index contributed by atoms with van der Waals surface area (Å²) >= 11 is 0. The van der Waals surface area contributed by atoms with E-state index in [0.717, 1.165) is 49.9 Å². The van der Waals surface area contributed by atoms with Crippen molar-refractivity contribution in [1.82, 2.24) is 9.97 Å². The first-order chi connectivity index (χ1) is 11.8. The highest BCUT2D eigenvalue weighted by molar-refractivity contribution is 6.11. The molecule has 0 bridgehead atoms. The van der Waals surface area contributed by atoms with Crippen LogP contribution in [0.2, 0.25) is 0 Å². The molecular weight excluding hydrogens is 296 g/mol. The number of benzene rings is 3. The lowest BCUT2D eigenvalue weighted by Crippen LogP contribution is -1.94. The van der Waals surface area contributed by atoms with Crippen molar-refractivity contribution in [2.75, 3.05) is 0 Å². The first-order valence-corrected chi connectivity index (χ1v) is 7.95. The van der Waals surface area contributed by atoms with E-state index in [9.17, 15) is 0 Å². The average Bonchev–Trinajstić information content (AvgIpc) is 3.00. The van der Waals surface area contributed by atoms with Crippen LogP contribution in [0.15, 0.2) is 71.1 Å². The third kappa shape index (κ3) is 1.85.